The molecule has 2 rings (SSSR count). The van der Waals surface area contributed by atoms with E-state index < -0.39 is 0 Å². The Morgan fingerprint density at radius 3 is 2.86 bits per heavy atom. The zero-order valence-corrected chi connectivity index (χ0v) is 14.8. The number of guanidine groups is 1. The number of halogens is 1. The van der Waals surface area contributed by atoms with E-state index in [4.69, 9.17) is 15.2 Å². The molecule has 1 aromatic carbocycles. The molecule has 21 heavy (non-hydrogen) atoms. The molecule has 1 aliphatic heterocycles. The van der Waals surface area contributed by atoms with Crippen LogP contribution in [0.3, 0.4) is 0 Å². The molecule has 1 heterocycles. The van der Waals surface area contributed by atoms with Gasteiger partial charge in [-0.1, -0.05) is 19.1 Å². The van der Waals surface area contributed by atoms with Gasteiger partial charge in [0.25, 0.3) is 0 Å². The van der Waals surface area contributed by atoms with Crippen LogP contribution in [-0.4, -0.2) is 43.8 Å². The van der Waals surface area contributed by atoms with E-state index in [1.807, 2.05) is 24.3 Å². The third-order valence-corrected chi connectivity index (χ3v) is 3.13. The highest BCUT2D eigenvalue weighted by Gasteiger charge is 2.11. The summed E-state index contributed by atoms with van der Waals surface area (Å²) in [4.78, 5) is 6.51. The summed E-state index contributed by atoms with van der Waals surface area (Å²) in [6, 6.07) is 8.01. The van der Waals surface area contributed by atoms with Crippen LogP contribution in [0, 0.1) is 0 Å². The summed E-state index contributed by atoms with van der Waals surface area (Å²) in [5.74, 6) is 1.48. The van der Waals surface area contributed by atoms with Crippen molar-refractivity contribution in [3.63, 3.8) is 0 Å². The van der Waals surface area contributed by atoms with Crippen molar-refractivity contribution in [3.05, 3.63) is 29.8 Å². The predicted octanol–water partition coefficient (Wildman–Crippen LogP) is 2.24. The van der Waals surface area contributed by atoms with E-state index in [0.29, 0.717) is 12.5 Å². The van der Waals surface area contributed by atoms with Gasteiger partial charge in [-0.3, -0.25) is 0 Å². The van der Waals surface area contributed by atoms with Crippen LogP contribution in [0.5, 0.6) is 5.75 Å². The second kappa shape index (κ2) is 9.83. The topological polar surface area (TPSA) is 60.1 Å². The highest BCUT2D eigenvalue weighted by atomic mass is 127. The third-order valence-electron chi connectivity index (χ3n) is 3.13. The quantitative estimate of drug-likeness (QED) is 0.464. The van der Waals surface area contributed by atoms with Crippen molar-refractivity contribution in [2.24, 2.45) is 10.7 Å². The Morgan fingerprint density at radius 2 is 2.14 bits per heavy atom. The van der Waals surface area contributed by atoms with E-state index in [1.165, 1.54) is 0 Å². The molecule has 5 nitrogen and oxygen atoms in total. The van der Waals surface area contributed by atoms with Crippen LogP contribution in [0.4, 0.5) is 0 Å². The highest BCUT2D eigenvalue weighted by molar-refractivity contribution is 14.0. The standard InChI is InChI=1S/C15H23N3O2.HI/c1-2-8-20-14-5-3-4-13(11-14)12-17-15(16)18-6-9-19-10-7-18;/h3-5,11H,2,6-10,12H2,1H3,(H2,16,17);1H. The molecule has 0 unspecified atom stereocenters. The summed E-state index contributed by atoms with van der Waals surface area (Å²) < 4.78 is 10.9. The van der Waals surface area contributed by atoms with E-state index in [9.17, 15) is 0 Å². The first-order valence-electron chi connectivity index (χ1n) is 7.14. The molecule has 1 saturated heterocycles. The monoisotopic (exact) mass is 405 g/mol. The second-order valence-electron chi connectivity index (χ2n) is 4.77. The van der Waals surface area contributed by atoms with Crippen LogP contribution in [0.25, 0.3) is 0 Å². The molecular formula is C15H24IN3O2. The maximum absolute atomic E-state index is 6.00. The zero-order valence-electron chi connectivity index (χ0n) is 12.5. The minimum absolute atomic E-state index is 0. The number of rotatable bonds is 5. The summed E-state index contributed by atoms with van der Waals surface area (Å²) in [5, 5.41) is 0. The Morgan fingerprint density at radius 1 is 1.38 bits per heavy atom. The van der Waals surface area contributed by atoms with Gasteiger partial charge in [-0.25, -0.2) is 4.99 Å². The van der Waals surface area contributed by atoms with Crippen molar-refractivity contribution in [1.82, 2.24) is 4.90 Å². The molecule has 0 aromatic heterocycles. The van der Waals surface area contributed by atoms with Crippen molar-refractivity contribution in [2.45, 2.75) is 19.9 Å². The minimum atomic E-state index is 0. The maximum Gasteiger partial charge on any atom is 0.191 e. The van der Waals surface area contributed by atoms with Gasteiger partial charge in [0.1, 0.15) is 5.75 Å². The Hall–Kier alpha value is -1.02. The number of aliphatic imine (C=N–C) groups is 1. The van der Waals surface area contributed by atoms with Crippen LogP contribution >= 0.6 is 24.0 Å². The van der Waals surface area contributed by atoms with Crippen LogP contribution in [0.1, 0.15) is 18.9 Å². The van der Waals surface area contributed by atoms with E-state index in [2.05, 4.69) is 16.8 Å². The van der Waals surface area contributed by atoms with E-state index >= 15 is 0 Å². The average molecular weight is 405 g/mol. The largest absolute Gasteiger partial charge is 0.494 e. The first kappa shape index (κ1) is 18.0. The molecule has 0 radical (unpaired) electrons. The Kier molecular flexibility index (Phi) is 8.44. The lowest BCUT2D eigenvalue weighted by Crippen LogP contribution is -2.44. The lowest BCUT2D eigenvalue weighted by molar-refractivity contribution is 0.0674. The number of ether oxygens (including phenoxy) is 2. The van der Waals surface area contributed by atoms with Gasteiger partial charge in [-0.05, 0) is 24.1 Å². The van der Waals surface area contributed by atoms with Gasteiger partial charge in [0, 0.05) is 13.1 Å². The Bertz CT molecular complexity index is 448. The van der Waals surface area contributed by atoms with E-state index in [-0.39, 0.29) is 24.0 Å². The number of benzene rings is 1. The summed E-state index contributed by atoms with van der Waals surface area (Å²) in [6.45, 7) is 6.48. The van der Waals surface area contributed by atoms with Crippen LogP contribution in [0.15, 0.2) is 29.3 Å². The number of hydrogen-bond donors (Lipinski definition) is 1. The molecule has 0 atom stereocenters. The van der Waals surface area contributed by atoms with Crippen molar-refractivity contribution >= 4 is 29.9 Å². The lowest BCUT2D eigenvalue weighted by atomic mass is 10.2. The zero-order chi connectivity index (χ0) is 14.2. The van der Waals surface area contributed by atoms with Crippen LogP contribution in [0.2, 0.25) is 0 Å². The van der Waals surface area contributed by atoms with Crippen molar-refractivity contribution in [2.75, 3.05) is 32.9 Å². The number of hydrogen-bond acceptors (Lipinski definition) is 3. The smallest absolute Gasteiger partial charge is 0.191 e. The molecule has 0 saturated carbocycles. The normalized spacial score (nSPS) is 15.5. The minimum Gasteiger partial charge on any atom is -0.494 e. The molecule has 0 amide bonds. The number of morpholine rings is 1. The van der Waals surface area contributed by atoms with Crippen molar-refractivity contribution < 1.29 is 9.47 Å². The van der Waals surface area contributed by atoms with Gasteiger partial charge < -0.3 is 20.1 Å². The van der Waals surface area contributed by atoms with E-state index in [0.717, 1.165) is 50.6 Å². The number of nitrogens with two attached hydrogens (primary N) is 1. The fraction of sp³-hybridized carbons (Fsp3) is 0.533. The second-order valence-corrected chi connectivity index (χ2v) is 4.77. The molecule has 1 aromatic rings. The predicted molar refractivity (Wildman–Crippen MR) is 95.4 cm³/mol. The molecule has 0 aliphatic carbocycles. The number of nitrogens with zero attached hydrogens (tertiary/aromatic N) is 2. The van der Waals surface area contributed by atoms with Gasteiger partial charge >= 0.3 is 0 Å². The maximum atomic E-state index is 6.00. The Balaban J connectivity index is 0.00000220. The van der Waals surface area contributed by atoms with Gasteiger partial charge in [-0.15, -0.1) is 24.0 Å². The first-order chi connectivity index (χ1) is 9.79. The highest BCUT2D eigenvalue weighted by Crippen LogP contribution is 2.14. The van der Waals surface area contributed by atoms with Crippen LogP contribution < -0.4 is 10.5 Å². The van der Waals surface area contributed by atoms with Crippen molar-refractivity contribution in [3.8, 4) is 5.75 Å². The summed E-state index contributed by atoms with van der Waals surface area (Å²) >= 11 is 0. The van der Waals surface area contributed by atoms with Crippen molar-refractivity contribution in [1.29, 1.82) is 0 Å². The van der Waals surface area contributed by atoms with Gasteiger partial charge in [0.2, 0.25) is 0 Å². The van der Waals surface area contributed by atoms with Gasteiger partial charge in [0.05, 0.1) is 26.4 Å². The molecule has 6 heteroatoms. The lowest BCUT2D eigenvalue weighted by Gasteiger charge is -2.27. The van der Waals surface area contributed by atoms with Crippen LogP contribution in [-0.2, 0) is 11.3 Å². The summed E-state index contributed by atoms with van der Waals surface area (Å²) in [6.07, 6.45) is 1.01. The molecule has 0 spiro atoms. The molecule has 118 valence electrons. The van der Waals surface area contributed by atoms with E-state index in [1.54, 1.807) is 0 Å². The first-order valence-corrected chi connectivity index (χ1v) is 7.14. The Labute approximate surface area is 143 Å². The fourth-order valence-corrected chi connectivity index (χ4v) is 2.02. The SMILES string of the molecule is CCCOc1cccc(CN=C(N)N2CCOCC2)c1.I. The molecule has 0 bridgehead atoms. The molecular weight excluding hydrogens is 381 g/mol. The fourth-order valence-electron chi connectivity index (χ4n) is 2.02. The molecule has 2 N–H and O–H groups in total. The summed E-state index contributed by atoms with van der Waals surface area (Å²) in [5.41, 5.74) is 7.11. The third kappa shape index (κ3) is 6.09. The van der Waals surface area contributed by atoms with Gasteiger partial charge in [0.15, 0.2) is 5.96 Å². The average Bonchev–Trinajstić information content (AvgIpc) is 2.52. The molecule has 1 fully saturated rings. The van der Waals surface area contributed by atoms with Gasteiger partial charge in [-0.2, -0.15) is 0 Å². The summed E-state index contributed by atoms with van der Waals surface area (Å²) in [7, 11) is 0. The molecule has 1 aliphatic rings.